The number of anilines is 3. The van der Waals surface area contributed by atoms with E-state index in [-0.39, 0.29) is 6.71 Å². The Labute approximate surface area is 415 Å². The zero-order valence-electron chi connectivity index (χ0n) is 40.1. The van der Waals surface area contributed by atoms with Gasteiger partial charge in [0.15, 0.2) is 0 Å². The van der Waals surface area contributed by atoms with Crippen LogP contribution in [0, 0.1) is 6.92 Å². The van der Waals surface area contributed by atoms with E-state index < -0.39 is 8.07 Å². The van der Waals surface area contributed by atoms with Crippen molar-refractivity contribution in [3.63, 3.8) is 0 Å². The highest BCUT2D eigenvalue weighted by Gasteiger charge is 2.46. The number of aromatic nitrogens is 3. The standard InChI is InChI=1S/C65H49BN4Si/c1-42-35-44(37-49(36-42)70-60-27-14-12-24-51(60)52-25-13-15-28-61(52)70)43-29-30-54-57(38-43)59-41-68-34-32-56(59)65-63(54)66(62-53-26-11-10-23-50(53)58-40-67-33-31-55(58)64(62)71(65,2)3)45-17-16-22-48(39-45)69(46-18-6-4-7-19-46)47-20-8-5-9-21-47/h4-12,14-24,26-41H,13,25H2,1-3H3. The summed E-state index contributed by atoms with van der Waals surface area (Å²) in [4.78, 5) is 12.0. The Morgan fingerprint density at radius 2 is 1.13 bits per heavy atom. The van der Waals surface area contributed by atoms with Crippen molar-refractivity contribution in [3.8, 4) is 16.8 Å². The van der Waals surface area contributed by atoms with Gasteiger partial charge in [-0.15, -0.1) is 0 Å². The van der Waals surface area contributed by atoms with Gasteiger partial charge in [-0.05, 0) is 153 Å². The first kappa shape index (κ1) is 41.6. The van der Waals surface area contributed by atoms with Gasteiger partial charge in [-0.1, -0.05) is 155 Å². The molecule has 0 spiro atoms. The van der Waals surface area contributed by atoms with E-state index in [1.165, 1.54) is 114 Å². The maximum Gasteiger partial charge on any atom is 0.242 e. The average molecular weight is 925 g/mol. The molecule has 4 nitrogen and oxygen atoms in total. The molecule has 1 aliphatic heterocycles. The smallest absolute Gasteiger partial charge is 0.242 e. The van der Waals surface area contributed by atoms with Gasteiger partial charge in [0.05, 0.1) is 5.52 Å². The SMILES string of the molecule is Cc1cc(-c2ccc3c4c(c5ccncc5c3c2)[Si](C)(C)c2c(c3ccccc3c3cnccc23)B4c2cccc(N(c3ccccc3)c3ccccc3)c2)cc(-n2c3c(c4ccccc42)CCC=C3)c1. The molecule has 0 N–H and O–H groups in total. The van der Waals surface area contributed by atoms with Crippen LogP contribution in [0.4, 0.5) is 17.1 Å². The number of allylic oxidation sites excluding steroid dienone is 1. The van der Waals surface area contributed by atoms with Crippen molar-refractivity contribution in [1.29, 1.82) is 0 Å². The van der Waals surface area contributed by atoms with Gasteiger partial charge in [-0.2, -0.15) is 0 Å². The zero-order valence-corrected chi connectivity index (χ0v) is 41.1. The molecule has 0 unspecified atom stereocenters. The normalized spacial score (nSPS) is 13.8. The fraction of sp³-hybridized carbons (Fsp3) is 0.0769. The van der Waals surface area contributed by atoms with Crippen LogP contribution in [0.3, 0.4) is 0 Å². The quantitative estimate of drug-likeness (QED) is 0.123. The van der Waals surface area contributed by atoms with Crippen molar-refractivity contribution in [2.45, 2.75) is 32.9 Å². The van der Waals surface area contributed by atoms with E-state index in [0.29, 0.717) is 0 Å². The molecule has 6 heteroatoms. The Morgan fingerprint density at radius 1 is 0.507 bits per heavy atom. The van der Waals surface area contributed by atoms with Gasteiger partial charge in [-0.3, -0.25) is 9.97 Å². The number of aryl methyl sites for hydroxylation is 2. The Morgan fingerprint density at radius 3 is 1.85 bits per heavy atom. The maximum absolute atomic E-state index is 4.89. The minimum Gasteiger partial charge on any atom is -0.311 e. The molecule has 0 atom stereocenters. The fourth-order valence-electron chi connectivity index (χ4n) is 12.9. The monoisotopic (exact) mass is 924 g/mol. The molecule has 0 bridgehead atoms. The number of para-hydroxylation sites is 3. The summed E-state index contributed by atoms with van der Waals surface area (Å²) in [5.41, 5.74) is 16.3. The minimum absolute atomic E-state index is 0.0888. The van der Waals surface area contributed by atoms with Crippen LogP contribution in [-0.4, -0.2) is 29.3 Å². The molecule has 14 rings (SSSR count). The van der Waals surface area contributed by atoms with E-state index >= 15 is 0 Å². The number of hydrogen-bond donors (Lipinski definition) is 0. The third-order valence-corrected chi connectivity index (χ3v) is 19.2. The molecular weight excluding hydrogens is 876 g/mol. The van der Waals surface area contributed by atoms with Crippen LogP contribution in [0.2, 0.25) is 13.1 Å². The summed E-state index contributed by atoms with van der Waals surface area (Å²) < 4.78 is 2.48. The van der Waals surface area contributed by atoms with Gasteiger partial charge in [0.25, 0.3) is 0 Å². The van der Waals surface area contributed by atoms with Gasteiger partial charge in [0, 0.05) is 69.4 Å². The Kier molecular flexibility index (Phi) is 9.46. The van der Waals surface area contributed by atoms with Crippen molar-refractivity contribution in [2.24, 2.45) is 0 Å². The van der Waals surface area contributed by atoms with E-state index in [1.807, 2.05) is 12.4 Å². The molecule has 9 aromatic carbocycles. The van der Waals surface area contributed by atoms with Crippen LogP contribution in [0.1, 0.15) is 23.2 Å². The molecule has 2 aliphatic rings. The highest BCUT2D eigenvalue weighted by Crippen LogP contribution is 2.39. The summed E-state index contributed by atoms with van der Waals surface area (Å²) in [5.74, 6) is 0. The van der Waals surface area contributed by atoms with Gasteiger partial charge in [0.1, 0.15) is 8.07 Å². The number of hydrogen-bond acceptors (Lipinski definition) is 3. The molecule has 0 radical (unpaired) electrons. The zero-order chi connectivity index (χ0) is 47.4. The van der Waals surface area contributed by atoms with Crippen LogP contribution in [0.15, 0.2) is 213 Å². The Bertz CT molecular complexity index is 4140. The van der Waals surface area contributed by atoms with Gasteiger partial charge in [0.2, 0.25) is 6.71 Å². The molecule has 0 fully saturated rings. The molecule has 336 valence electrons. The summed E-state index contributed by atoms with van der Waals surface area (Å²) in [6.07, 6.45) is 15.0. The van der Waals surface area contributed by atoms with Crippen LogP contribution in [0.5, 0.6) is 0 Å². The average Bonchev–Trinajstić information content (AvgIpc) is 3.76. The lowest BCUT2D eigenvalue weighted by molar-refractivity contribution is 0.967. The number of fused-ring (bicyclic) bond motifs is 15. The molecule has 0 saturated heterocycles. The van der Waals surface area contributed by atoms with E-state index in [4.69, 9.17) is 9.97 Å². The van der Waals surface area contributed by atoms with Crippen LogP contribution in [-0.2, 0) is 6.42 Å². The largest absolute Gasteiger partial charge is 0.311 e. The fourth-order valence-corrected chi connectivity index (χ4v) is 16.8. The van der Waals surface area contributed by atoms with Gasteiger partial charge >= 0.3 is 0 Å². The summed E-state index contributed by atoms with van der Waals surface area (Å²) >= 11 is 0. The minimum atomic E-state index is -2.54. The second-order valence-corrected chi connectivity index (χ2v) is 24.3. The predicted molar refractivity (Wildman–Crippen MR) is 305 cm³/mol. The van der Waals surface area contributed by atoms with Crippen molar-refractivity contribution in [3.05, 3.63) is 230 Å². The van der Waals surface area contributed by atoms with Crippen LogP contribution < -0.4 is 31.7 Å². The Balaban J connectivity index is 1.06. The number of nitrogens with zero attached hydrogens (tertiary/aromatic N) is 4. The van der Waals surface area contributed by atoms with E-state index in [2.05, 4.69) is 236 Å². The van der Waals surface area contributed by atoms with Gasteiger partial charge < -0.3 is 9.47 Å². The van der Waals surface area contributed by atoms with Crippen molar-refractivity contribution in [2.75, 3.05) is 4.90 Å². The summed E-state index contributed by atoms with van der Waals surface area (Å²) in [7, 11) is -2.54. The number of rotatable bonds is 6. The molecule has 12 aromatic rings. The molecule has 0 saturated carbocycles. The van der Waals surface area contributed by atoms with E-state index in [1.54, 1.807) is 0 Å². The lowest BCUT2D eigenvalue weighted by Crippen LogP contribution is -2.77. The molecule has 3 aromatic heterocycles. The lowest BCUT2D eigenvalue weighted by Gasteiger charge is -2.41. The van der Waals surface area contributed by atoms with Crippen LogP contribution >= 0.6 is 0 Å². The van der Waals surface area contributed by atoms with Crippen molar-refractivity contribution >= 4 is 119 Å². The van der Waals surface area contributed by atoms with Crippen LogP contribution in [0.25, 0.3) is 76.9 Å². The van der Waals surface area contributed by atoms with Crippen molar-refractivity contribution in [1.82, 2.24) is 14.5 Å². The highest BCUT2D eigenvalue weighted by atomic mass is 28.3. The summed E-state index contributed by atoms with van der Waals surface area (Å²) in [6, 6.07) is 68.0. The third kappa shape index (κ3) is 6.37. The lowest BCUT2D eigenvalue weighted by atomic mass is 9.35. The summed E-state index contributed by atoms with van der Waals surface area (Å²) in [6.45, 7) is 7.33. The maximum atomic E-state index is 4.89. The second-order valence-electron chi connectivity index (χ2n) is 20.1. The number of pyridine rings is 2. The van der Waals surface area contributed by atoms with Gasteiger partial charge in [-0.25, -0.2) is 0 Å². The topological polar surface area (TPSA) is 34.0 Å². The second kappa shape index (κ2) is 16.1. The molecule has 71 heavy (non-hydrogen) atoms. The third-order valence-electron chi connectivity index (χ3n) is 15.7. The highest BCUT2D eigenvalue weighted by molar-refractivity contribution is 7.17. The number of benzene rings is 9. The predicted octanol–water partition coefficient (Wildman–Crippen LogP) is 13.1. The van der Waals surface area contributed by atoms with Crippen molar-refractivity contribution < 1.29 is 0 Å². The Hall–Kier alpha value is -8.32. The molecular formula is C65H49BN4Si. The first-order valence-electron chi connectivity index (χ1n) is 25.0. The molecule has 0 amide bonds. The first-order valence-corrected chi connectivity index (χ1v) is 28.0. The molecule has 4 heterocycles. The molecule has 1 aliphatic carbocycles. The summed E-state index contributed by atoms with van der Waals surface area (Å²) in [5, 5.41) is 14.4. The van der Waals surface area contributed by atoms with E-state index in [9.17, 15) is 0 Å². The first-order chi connectivity index (χ1) is 34.9. The van der Waals surface area contributed by atoms with E-state index in [0.717, 1.165) is 29.9 Å².